The van der Waals surface area contributed by atoms with E-state index in [0.29, 0.717) is 15.9 Å². The number of thiazole rings is 1. The van der Waals surface area contributed by atoms with Gasteiger partial charge in [0.05, 0.1) is 10.6 Å². The number of benzene rings is 1. The zero-order chi connectivity index (χ0) is 14.5. The van der Waals surface area contributed by atoms with Crippen LogP contribution in [0.4, 0.5) is 16.5 Å². The molecule has 0 spiro atoms. The molecule has 9 heteroatoms. The maximum Gasteiger partial charge on any atom is 0.269 e. The maximum atomic E-state index is 10.5. The van der Waals surface area contributed by atoms with E-state index in [1.807, 2.05) is 12.3 Å². The van der Waals surface area contributed by atoms with Crippen LogP contribution >= 0.6 is 23.6 Å². The van der Waals surface area contributed by atoms with Crippen LogP contribution in [-0.4, -0.2) is 15.0 Å². The molecule has 0 aliphatic rings. The van der Waals surface area contributed by atoms with Crippen molar-refractivity contribution in [3.8, 4) is 0 Å². The second-order valence-electron chi connectivity index (χ2n) is 3.80. The summed E-state index contributed by atoms with van der Waals surface area (Å²) in [5, 5.41) is 16.4. The number of aromatic nitrogens is 1. The topological polar surface area (TPSA) is 92.1 Å². The molecule has 0 bridgehead atoms. The largest absolute Gasteiger partial charge is 0.331 e. The van der Waals surface area contributed by atoms with Crippen molar-refractivity contribution < 1.29 is 4.92 Å². The van der Waals surface area contributed by atoms with E-state index in [2.05, 4.69) is 21.2 Å². The summed E-state index contributed by atoms with van der Waals surface area (Å²) in [5.41, 5.74) is 7.26. The van der Waals surface area contributed by atoms with Crippen LogP contribution in [0.1, 0.15) is 5.69 Å². The molecule has 7 nitrogen and oxygen atoms in total. The SMILES string of the molecule is Cc1csc(NNC(=S)Nc2ccc([N+](=O)[O-])cc2)n1. The Morgan fingerprint density at radius 1 is 1.40 bits per heavy atom. The van der Waals surface area contributed by atoms with E-state index < -0.39 is 4.92 Å². The highest BCUT2D eigenvalue weighted by molar-refractivity contribution is 7.80. The number of nitrogens with zero attached hydrogens (tertiary/aromatic N) is 2. The number of aryl methyl sites for hydroxylation is 1. The summed E-state index contributed by atoms with van der Waals surface area (Å²) in [5.74, 6) is 0. The predicted molar refractivity (Wildman–Crippen MR) is 82.9 cm³/mol. The molecule has 2 rings (SSSR count). The first-order valence-electron chi connectivity index (χ1n) is 5.54. The van der Waals surface area contributed by atoms with Crippen molar-refractivity contribution >= 4 is 45.2 Å². The summed E-state index contributed by atoms with van der Waals surface area (Å²) in [6, 6.07) is 5.98. The summed E-state index contributed by atoms with van der Waals surface area (Å²) in [4.78, 5) is 14.3. The Bertz CT molecular complexity index is 626. The third kappa shape index (κ3) is 3.87. The molecule has 3 N–H and O–H groups in total. The van der Waals surface area contributed by atoms with E-state index in [-0.39, 0.29) is 5.69 Å². The Kier molecular flexibility index (Phi) is 4.43. The Labute approximate surface area is 124 Å². The number of rotatable bonds is 4. The molecule has 0 aliphatic carbocycles. The minimum absolute atomic E-state index is 0.0332. The van der Waals surface area contributed by atoms with E-state index in [1.54, 1.807) is 12.1 Å². The van der Waals surface area contributed by atoms with Crippen LogP contribution in [0, 0.1) is 17.0 Å². The molecular weight excluding hydrogens is 298 g/mol. The fourth-order valence-electron chi connectivity index (χ4n) is 1.35. The number of non-ortho nitro benzene ring substituents is 1. The lowest BCUT2D eigenvalue weighted by Crippen LogP contribution is -2.33. The second kappa shape index (κ2) is 6.26. The molecule has 0 unspecified atom stereocenters. The average molecular weight is 309 g/mol. The Hall–Kier alpha value is -2.26. The quantitative estimate of drug-likeness (QED) is 0.454. The molecular formula is C11H11N5O2S2. The number of nitro groups is 1. The van der Waals surface area contributed by atoms with Gasteiger partial charge in [-0.25, -0.2) is 4.98 Å². The number of nitro benzene ring substituents is 1. The van der Waals surface area contributed by atoms with Gasteiger partial charge >= 0.3 is 0 Å². The van der Waals surface area contributed by atoms with Crippen molar-refractivity contribution in [2.75, 3.05) is 10.7 Å². The van der Waals surface area contributed by atoms with Crippen molar-refractivity contribution in [3.63, 3.8) is 0 Å². The standard InChI is InChI=1S/C11H11N5O2S2/c1-7-6-20-11(12-7)15-14-10(19)13-8-2-4-9(5-3-8)16(17)18/h2-6H,1H3,(H,12,15)(H2,13,14,19). The lowest BCUT2D eigenvalue weighted by Gasteiger charge is -2.10. The van der Waals surface area contributed by atoms with Crippen LogP contribution in [0.2, 0.25) is 0 Å². The van der Waals surface area contributed by atoms with Crippen molar-refractivity contribution in [1.29, 1.82) is 0 Å². The van der Waals surface area contributed by atoms with Crippen molar-refractivity contribution in [2.45, 2.75) is 6.92 Å². The molecule has 0 saturated carbocycles. The molecule has 1 heterocycles. The first kappa shape index (κ1) is 14.2. The van der Waals surface area contributed by atoms with Gasteiger partial charge in [0.15, 0.2) is 5.11 Å². The fourth-order valence-corrected chi connectivity index (χ4v) is 2.16. The normalized spacial score (nSPS) is 9.85. The highest BCUT2D eigenvalue weighted by Gasteiger charge is 2.05. The summed E-state index contributed by atoms with van der Waals surface area (Å²) in [6.45, 7) is 1.90. The van der Waals surface area contributed by atoms with Gasteiger partial charge in [-0.15, -0.1) is 11.3 Å². The van der Waals surface area contributed by atoms with Crippen LogP contribution in [0.25, 0.3) is 0 Å². The van der Waals surface area contributed by atoms with Crippen LogP contribution in [-0.2, 0) is 0 Å². The molecule has 2 aromatic rings. The lowest BCUT2D eigenvalue weighted by molar-refractivity contribution is -0.384. The molecule has 0 aliphatic heterocycles. The molecule has 0 saturated heterocycles. The third-order valence-electron chi connectivity index (χ3n) is 2.24. The molecule has 0 fully saturated rings. The van der Waals surface area contributed by atoms with Crippen molar-refractivity contribution in [1.82, 2.24) is 10.4 Å². The first-order chi connectivity index (χ1) is 9.54. The molecule has 1 aromatic heterocycles. The fraction of sp³-hybridized carbons (Fsp3) is 0.0909. The van der Waals surface area contributed by atoms with Crippen molar-refractivity contribution in [2.24, 2.45) is 0 Å². The van der Waals surface area contributed by atoms with E-state index >= 15 is 0 Å². The summed E-state index contributed by atoms with van der Waals surface area (Å²) in [6.07, 6.45) is 0. The molecule has 20 heavy (non-hydrogen) atoms. The van der Waals surface area contributed by atoms with Crippen LogP contribution in [0.3, 0.4) is 0 Å². The minimum atomic E-state index is -0.452. The van der Waals surface area contributed by atoms with Gasteiger partial charge in [-0.3, -0.25) is 21.0 Å². The zero-order valence-corrected chi connectivity index (χ0v) is 12.0. The van der Waals surface area contributed by atoms with Crippen LogP contribution < -0.4 is 16.2 Å². The van der Waals surface area contributed by atoms with Gasteiger partial charge in [0.2, 0.25) is 5.13 Å². The molecule has 0 radical (unpaired) electrons. The van der Waals surface area contributed by atoms with Gasteiger partial charge in [-0.05, 0) is 31.3 Å². The minimum Gasteiger partial charge on any atom is -0.331 e. The summed E-state index contributed by atoms with van der Waals surface area (Å²) < 4.78 is 0. The molecule has 104 valence electrons. The van der Waals surface area contributed by atoms with Gasteiger partial charge in [0, 0.05) is 23.2 Å². The number of hydrazine groups is 1. The second-order valence-corrected chi connectivity index (χ2v) is 5.07. The van der Waals surface area contributed by atoms with E-state index in [9.17, 15) is 10.1 Å². The monoisotopic (exact) mass is 309 g/mol. The third-order valence-corrected chi connectivity index (χ3v) is 3.32. The highest BCUT2D eigenvalue weighted by atomic mass is 32.1. The number of nitrogens with one attached hydrogen (secondary N) is 3. The molecule has 0 amide bonds. The van der Waals surface area contributed by atoms with E-state index in [1.165, 1.54) is 23.5 Å². The number of hydrogen-bond donors (Lipinski definition) is 3. The number of hydrogen-bond acceptors (Lipinski definition) is 6. The molecule has 1 aromatic carbocycles. The molecule has 0 atom stereocenters. The number of thiocarbonyl (C=S) groups is 1. The summed E-state index contributed by atoms with van der Waals surface area (Å²) in [7, 11) is 0. The predicted octanol–water partition coefficient (Wildman–Crippen LogP) is 2.67. The maximum absolute atomic E-state index is 10.5. The zero-order valence-electron chi connectivity index (χ0n) is 10.4. The smallest absolute Gasteiger partial charge is 0.269 e. The van der Waals surface area contributed by atoms with Gasteiger partial charge < -0.3 is 5.32 Å². The lowest BCUT2D eigenvalue weighted by atomic mass is 10.3. The van der Waals surface area contributed by atoms with Crippen molar-refractivity contribution in [3.05, 3.63) is 45.5 Å². The van der Waals surface area contributed by atoms with E-state index in [0.717, 1.165) is 5.69 Å². The number of anilines is 2. The first-order valence-corrected chi connectivity index (χ1v) is 6.83. The van der Waals surface area contributed by atoms with Gasteiger partial charge in [-0.1, -0.05) is 0 Å². The van der Waals surface area contributed by atoms with Crippen LogP contribution in [0.5, 0.6) is 0 Å². The van der Waals surface area contributed by atoms with E-state index in [4.69, 9.17) is 12.2 Å². The Morgan fingerprint density at radius 3 is 2.65 bits per heavy atom. The highest BCUT2D eigenvalue weighted by Crippen LogP contribution is 2.15. The van der Waals surface area contributed by atoms with Gasteiger partial charge in [-0.2, -0.15) is 0 Å². The average Bonchev–Trinajstić information content (AvgIpc) is 2.83. The van der Waals surface area contributed by atoms with Gasteiger partial charge in [0.25, 0.3) is 5.69 Å². The summed E-state index contributed by atoms with van der Waals surface area (Å²) >= 11 is 6.54. The van der Waals surface area contributed by atoms with Crippen LogP contribution in [0.15, 0.2) is 29.6 Å². The Morgan fingerprint density at radius 2 is 2.10 bits per heavy atom. The Balaban J connectivity index is 1.86. The van der Waals surface area contributed by atoms with Gasteiger partial charge in [0.1, 0.15) is 0 Å².